The summed E-state index contributed by atoms with van der Waals surface area (Å²) in [6.45, 7) is 9.79. The second-order valence-corrected chi connectivity index (χ2v) is 6.12. The average molecular weight is 341 g/mol. The van der Waals surface area contributed by atoms with E-state index in [4.69, 9.17) is 9.47 Å². The van der Waals surface area contributed by atoms with Crippen LogP contribution in [0.15, 0.2) is 42.5 Å². The van der Waals surface area contributed by atoms with E-state index in [0.717, 1.165) is 17.0 Å². The Morgan fingerprint density at radius 1 is 1.04 bits per heavy atom. The van der Waals surface area contributed by atoms with Gasteiger partial charge in [-0.25, -0.2) is 0 Å². The van der Waals surface area contributed by atoms with E-state index in [-0.39, 0.29) is 5.91 Å². The van der Waals surface area contributed by atoms with Crippen molar-refractivity contribution < 1.29 is 14.3 Å². The van der Waals surface area contributed by atoms with E-state index in [1.54, 1.807) is 6.07 Å². The Bertz CT molecular complexity index is 693. The minimum Gasteiger partial charge on any atom is -0.494 e. The van der Waals surface area contributed by atoms with Crippen LogP contribution in [-0.4, -0.2) is 19.1 Å². The largest absolute Gasteiger partial charge is 0.494 e. The highest BCUT2D eigenvalue weighted by Gasteiger charge is 2.11. The molecule has 0 fully saturated rings. The van der Waals surface area contributed by atoms with Crippen molar-refractivity contribution in [3.8, 4) is 5.75 Å². The molecule has 25 heavy (non-hydrogen) atoms. The lowest BCUT2D eigenvalue weighted by atomic mass is 10.0. The van der Waals surface area contributed by atoms with E-state index in [1.165, 1.54) is 5.56 Å². The van der Waals surface area contributed by atoms with Crippen LogP contribution in [0.1, 0.15) is 55.1 Å². The first kappa shape index (κ1) is 19.0. The highest BCUT2D eigenvalue weighted by atomic mass is 16.5. The number of rotatable bonds is 8. The Labute approximate surface area is 150 Å². The van der Waals surface area contributed by atoms with Crippen molar-refractivity contribution in [3.05, 3.63) is 59.2 Å². The number of amides is 1. The SMILES string of the molecule is CCOCc1cc(C(=O)Nc2ccc(C(C)C)cc2)ccc1OCC. The number of carbonyl (C=O) groups is 1. The Morgan fingerprint density at radius 3 is 2.36 bits per heavy atom. The van der Waals surface area contributed by atoms with Gasteiger partial charge in [-0.05, 0) is 55.7 Å². The van der Waals surface area contributed by atoms with Crippen LogP contribution in [0.4, 0.5) is 5.69 Å². The predicted octanol–water partition coefficient (Wildman–Crippen LogP) is 5.00. The summed E-state index contributed by atoms with van der Waals surface area (Å²) >= 11 is 0. The van der Waals surface area contributed by atoms with Crippen molar-refractivity contribution >= 4 is 11.6 Å². The zero-order chi connectivity index (χ0) is 18.2. The molecule has 0 aliphatic heterocycles. The lowest BCUT2D eigenvalue weighted by molar-refractivity contribution is 0.102. The summed E-state index contributed by atoms with van der Waals surface area (Å²) in [6, 6.07) is 13.4. The maximum atomic E-state index is 12.5. The van der Waals surface area contributed by atoms with Crippen molar-refractivity contribution in [2.75, 3.05) is 18.5 Å². The summed E-state index contributed by atoms with van der Waals surface area (Å²) < 4.78 is 11.1. The van der Waals surface area contributed by atoms with Gasteiger partial charge < -0.3 is 14.8 Å². The summed E-state index contributed by atoms with van der Waals surface area (Å²) in [6.07, 6.45) is 0. The molecule has 1 amide bonds. The minimum absolute atomic E-state index is 0.141. The van der Waals surface area contributed by atoms with Crippen LogP contribution in [0, 0.1) is 0 Å². The number of hydrogen-bond acceptors (Lipinski definition) is 3. The number of anilines is 1. The van der Waals surface area contributed by atoms with Crippen LogP contribution in [0.2, 0.25) is 0 Å². The molecule has 0 aromatic heterocycles. The van der Waals surface area contributed by atoms with Crippen LogP contribution in [0.25, 0.3) is 0 Å². The van der Waals surface area contributed by atoms with Crippen LogP contribution < -0.4 is 10.1 Å². The van der Waals surface area contributed by atoms with Gasteiger partial charge in [-0.15, -0.1) is 0 Å². The maximum Gasteiger partial charge on any atom is 0.255 e. The van der Waals surface area contributed by atoms with Crippen LogP contribution in [0.3, 0.4) is 0 Å². The van der Waals surface area contributed by atoms with Gasteiger partial charge in [-0.2, -0.15) is 0 Å². The molecule has 134 valence electrons. The van der Waals surface area contributed by atoms with Crippen molar-refractivity contribution in [2.45, 2.75) is 40.2 Å². The molecule has 0 atom stereocenters. The van der Waals surface area contributed by atoms with Gasteiger partial charge >= 0.3 is 0 Å². The second kappa shape index (κ2) is 9.23. The molecule has 0 saturated heterocycles. The zero-order valence-electron chi connectivity index (χ0n) is 15.5. The van der Waals surface area contributed by atoms with E-state index >= 15 is 0 Å². The molecular weight excluding hydrogens is 314 g/mol. The predicted molar refractivity (Wildman–Crippen MR) is 101 cm³/mol. The number of nitrogens with one attached hydrogen (secondary N) is 1. The molecule has 1 N–H and O–H groups in total. The second-order valence-electron chi connectivity index (χ2n) is 6.12. The van der Waals surface area contributed by atoms with Crippen molar-refractivity contribution in [1.82, 2.24) is 0 Å². The first-order chi connectivity index (χ1) is 12.0. The van der Waals surface area contributed by atoms with Gasteiger partial charge in [0.15, 0.2) is 0 Å². The number of hydrogen-bond donors (Lipinski definition) is 1. The van der Waals surface area contributed by atoms with E-state index in [9.17, 15) is 4.79 Å². The van der Waals surface area contributed by atoms with E-state index in [1.807, 2.05) is 50.2 Å². The van der Waals surface area contributed by atoms with Gasteiger partial charge in [0.1, 0.15) is 5.75 Å². The topological polar surface area (TPSA) is 47.6 Å². The van der Waals surface area contributed by atoms with E-state index < -0.39 is 0 Å². The molecule has 0 aliphatic rings. The Hall–Kier alpha value is -2.33. The molecule has 0 heterocycles. The molecule has 0 radical (unpaired) electrons. The van der Waals surface area contributed by atoms with Gasteiger partial charge in [-0.1, -0.05) is 26.0 Å². The van der Waals surface area contributed by atoms with E-state index in [2.05, 4.69) is 19.2 Å². The molecule has 0 saturated carbocycles. The quantitative estimate of drug-likeness (QED) is 0.735. The fourth-order valence-corrected chi connectivity index (χ4v) is 2.50. The van der Waals surface area contributed by atoms with Crippen LogP contribution in [0.5, 0.6) is 5.75 Å². The maximum absolute atomic E-state index is 12.5. The summed E-state index contributed by atoms with van der Waals surface area (Å²) in [5.41, 5.74) is 3.50. The summed E-state index contributed by atoms with van der Waals surface area (Å²) in [5, 5.41) is 2.94. The number of carbonyl (C=O) groups excluding carboxylic acids is 1. The highest BCUT2D eigenvalue weighted by molar-refractivity contribution is 6.04. The minimum atomic E-state index is -0.141. The third-order valence-corrected chi connectivity index (χ3v) is 3.92. The standard InChI is InChI=1S/C21H27NO3/c1-5-24-14-18-13-17(9-12-20(18)25-6-2)21(23)22-19-10-7-16(8-11-19)15(3)4/h7-13,15H,5-6,14H2,1-4H3,(H,22,23). The molecule has 4 nitrogen and oxygen atoms in total. The van der Waals surface area contributed by atoms with Crippen molar-refractivity contribution in [2.24, 2.45) is 0 Å². The molecule has 0 spiro atoms. The monoisotopic (exact) mass is 341 g/mol. The lowest BCUT2D eigenvalue weighted by Crippen LogP contribution is -2.13. The van der Waals surface area contributed by atoms with E-state index in [0.29, 0.717) is 31.3 Å². The first-order valence-corrected chi connectivity index (χ1v) is 8.79. The molecule has 0 unspecified atom stereocenters. The van der Waals surface area contributed by atoms with Crippen LogP contribution in [-0.2, 0) is 11.3 Å². The molecule has 0 bridgehead atoms. The molecule has 2 aromatic carbocycles. The highest BCUT2D eigenvalue weighted by Crippen LogP contribution is 2.23. The number of benzene rings is 2. The Kier molecular flexibility index (Phi) is 7.02. The Morgan fingerprint density at radius 2 is 1.76 bits per heavy atom. The molecular formula is C21H27NO3. The normalized spacial score (nSPS) is 10.8. The molecule has 2 aromatic rings. The van der Waals surface area contributed by atoms with Crippen molar-refractivity contribution in [3.63, 3.8) is 0 Å². The fourth-order valence-electron chi connectivity index (χ4n) is 2.50. The summed E-state index contributed by atoms with van der Waals surface area (Å²) in [5.74, 6) is 1.09. The third-order valence-electron chi connectivity index (χ3n) is 3.92. The number of ether oxygens (including phenoxy) is 2. The lowest BCUT2D eigenvalue weighted by Gasteiger charge is -2.13. The molecule has 0 aliphatic carbocycles. The van der Waals surface area contributed by atoms with Gasteiger partial charge in [-0.3, -0.25) is 4.79 Å². The zero-order valence-corrected chi connectivity index (χ0v) is 15.5. The van der Waals surface area contributed by atoms with Gasteiger partial charge in [0, 0.05) is 23.4 Å². The summed E-state index contributed by atoms with van der Waals surface area (Å²) in [7, 11) is 0. The van der Waals surface area contributed by atoms with Crippen molar-refractivity contribution in [1.29, 1.82) is 0 Å². The smallest absolute Gasteiger partial charge is 0.255 e. The van der Waals surface area contributed by atoms with Crippen LogP contribution >= 0.6 is 0 Å². The van der Waals surface area contributed by atoms with Gasteiger partial charge in [0.2, 0.25) is 0 Å². The first-order valence-electron chi connectivity index (χ1n) is 8.79. The fraction of sp³-hybridized carbons (Fsp3) is 0.381. The summed E-state index contributed by atoms with van der Waals surface area (Å²) in [4.78, 5) is 12.5. The molecule has 2 rings (SSSR count). The third kappa shape index (κ3) is 5.33. The van der Waals surface area contributed by atoms with Gasteiger partial charge in [0.25, 0.3) is 5.91 Å². The van der Waals surface area contributed by atoms with Gasteiger partial charge in [0.05, 0.1) is 13.2 Å². The Balaban J connectivity index is 2.14. The average Bonchev–Trinajstić information content (AvgIpc) is 2.61. The molecule has 4 heteroatoms.